The maximum atomic E-state index is 14.5. The fraction of sp³-hybridized carbons (Fsp3) is 0.280. The Labute approximate surface area is 203 Å². The monoisotopic (exact) mass is 496 g/mol. The van der Waals surface area contributed by atoms with E-state index in [0.29, 0.717) is 29.9 Å². The zero-order valence-electron chi connectivity index (χ0n) is 19.1. The zero-order valence-corrected chi connectivity index (χ0v) is 19.1. The number of benzene rings is 2. The molecule has 0 spiro atoms. The number of halogens is 4. The van der Waals surface area contributed by atoms with E-state index in [2.05, 4.69) is 15.3 Å². The van der Waals surface area contributed by atoms with Crippen molar-refractivity contribution in [1.29, 1.82) is 0 Å². The van der Waals surface area contributed by atoms with Gasteiger partial charge in [-0.2, -0.15) is 5.10 Å². The van der Waals surface area contributed by atoms with Gasteiger partial charge in [0, 0.05) is 29.8 Å². The van der Waals surface area contributed by atoms with Crippen LogP contribution in [-0.2, 0) is 13.5 Å². The second-order valence-electron chi connectivity index (χ2n) is 9.17. The second-order valence-corrected chi connectivity index (χ2v) is 9.17. The molecule has 2 aliphatic heterocycles. The Morgan fingerprint density at radius 2 is 1.69 bits per heavy atom. The van der Waals surface area contributed by atoms with Gasteiger partial charge in [0.2, 0.25) is 0 Å². The number of nitrogens with zero attached hydrogens (tertiary/aromatic N) is 6. The molecular weight excluding hydrogens is 476 g/mol. The highest BCUT2D eigenvalue weighted by Gasteiger charge is 2.43. The molecule has 0 saturated carbocycles. The van der Waals surface area contributed by atoms with Crippen LogP contribution in [0.5, 0.6) is 0 Å². The summed E-state index contributed by atoms with van der Waals surface area (Å²) in [7, 11) is 1.65. The van der Waals surface area contributed by atoms with Crippen LogP contribution in [0.2, 0.25) is 0 Å². The maximum Gasteiger partial charge on any atom is 0.254 e. The molecule has 6 rings (SSSR count). The van der Waals surface area contributed by atoms with Gasteiger partial charge in [-0.05, 0) is 56.0 Å². The summed E-state index contributed by atoms with van der Waals surface area (Å²) in [4.78, 5) is 15.5. The Morgan fingerprint density at radius 1 is 0.972 bits per heavy atom. The number of piperidine rings is 1. The second kappa shape index (κ2) is 8.28. The summed E-state index contributed by atoms with van der Waals surface area (Å²) in [6.07, 6.45) is 5.48. The molecule has 36 heavy (non-hydrogen) atoms. The summed E-state index contributed by atoms with van der Waals surface area (Å²) in [5, 5.41) is 12.1. The molecule has 2 aromatic carbocycles. The van der Waals surface area contributed by atoms with Crippen molar-refractivity contribution < 1.29 is 22.4 Å². The molecule has 4 heterocycles. The van der Waals surface area contributed by atoms with Crippen LogP contribution in [0, 0.1) is 23.3 Å². The van der Waals surface area contributed by atoms with E-state index in [4.69, 9.17) is 0 Å². The largest absolute Gasteiger partial charge is 0.327 e. The first-order chi connectivity index (χ1) is 17.3. The summed E-state index contributed by atoms with van der Waals surface area (Å²) in [6.45, 7) is 0. The molecule has 2 bridgehead atoms. The molecule has 11 heteroatoms. The van der Waals surface area contributed by atoms with Crippen molar-refractivity contribution in [2.45, 2.75) is 37.8 Å². The number of rotatable bonds is 3. The first kappa shape index (κ1) is 22.4. The van der Waals surface area contributed by atoms with Crippen LogP contribution in [0.4, 0.5) is 17.6 Å². The molecule has 0 aliphatic carbocycles. The van der Waals surface area contributed by atoms with Crippen molar-refractivity contribution >= 4 is 5.91 Å². The molecular formula is C25H20F4N6O. The third-order valence-corrected chi connectivity index (χ3v) is 7.01. The maximum absolute atomic E-state index is 14.5. The third kappa shape index (κ3) is 3.49. The molecule has 0 N–H and O–H groups in total. The average molecular weight is 496 g/mol. The zero-order chi connectivity index (χ0) is 25.1. The highest BCUT2D eigenvalue weighted by atomic mass is 19.2. The minimum absolute atomic E-state index is 0.184. The van der Waals surface area contributed by atoms with Gasteiger partial charge < -0.3 is 4.90 Å². The van der Waals surface area contributed by atoms with Crippen molar-refractivity contribution in [2.24, 2.45) is 7.05 Å². The van der Waals surface area contributed by atoms with Gasteiger partial charge in [-0.15, -0.1) is 10.2 Å². The molecule has 2 aliphatic rings. The Balaban J connectivity index is 1.41. The number of hydrogen-bond acceptors (Lipinski definition) is 4. The molecule has 0 radical (unpaired) electrons. The van der Waals surface area contributed by atoms with Crippen molar-refractivity contribution in [3.63, 3.8) is 0 Å². The van der Waals surface area contributed by atoms with Crippen LogP contribution in [0.25, 0.3) is 16.9 Å². The summed E-state index contributed by atoms with van der Waals surface area (Å²) in [6, 6.07) is 5.43. The van der Waals surface area contributed by atoms with Crippen LogP contribution in [-0.4, -0.2) is 41.4 Å². The van der Waals surface area contributed by atoms with Crippen LogP contribution >= 0.6 is 0 Å². The molecule has 1 unspecified atom stereocenters. The van der Waals surface area contributed by atoms with Gasteiger partial charge >= 0.3 is 0 Å². The Bertz CT molecular complexity index is 1480. The molecule has 1 amide bonds. The number of hydrogen-bond donors (Lipinski definition) is 0. The SMILES string of the molecule is Cn1nc2c(c1-c1cc(F)c(F)c(F)c1)CC1CCC[C@@H]2N1C(=O)c1cc(F)cc(-n2cnnc2)c1. The summed E-state index contributed by atoms with van der Waals surface area (Å²) in [5.74, 6) is -4.96. The van der Waals surface area contributed by atoms with Gasteiger partial charge in [0.25, 0.3) is 5.91 Å². The average Bonchev–Trinajstić information content (AvgIpc) is 3.49. The quantitative estimate of drug-likeness (QED) is 0.309. The van der Waals surface area contributed by atoms with Gasteiger partial charge in [0.05, 0.1) is 23.1 Å². The lowest BCUT2D eigenvalue weighted by molar-refractivity contribution is 0.0391. The number of carbonyl (C=O) groups is 1. The van der Waals surface area contributed by atoms with E-state index in [9.17, 15) is 22.4 Å². The molecule has 2 aromatic heterocycles. The fourth-order valence-electron chi connectivity index (χ4n) is 5.53. The fourth-order valence-corrected chi connectivity index (χ4v) is 5.53. The smallest absolute Gasteiger partial charge is 0.254 e. The summed E-state index contributed by atoms with van der Waals surface area (Å²) < 4.78 is 59.1. The van der Waals surface area contributed by atoms with Crippen molar-refractivity contribution in [3.8, 4) is 16.9 Å². The molecule has 184 valence electrons. The minimum atomic E-state index is -1.52. The minimum Gasteiger partial charge on any atom is -0.327 e. The third-order valence-electron chi connectivity index (χ3n) is 7.01. The van der Waals surface area contributed by atoms with Gasteiger partial charge in [0.1, 0.15) is 18.5 Å². The molecule has 7 nitrogen and oxygen atoms in total. The first-order valence-corrected chi connectivity index (χ1v) is 11.5. The van der Waals surface area contributed by atoms with Gasteiger partial charge in [0.15, 0.2) is 17.5 Å². The number of aryl methyl sites for hydroxylation is 1. The Hall–Kier alpha value is -4.02. The van der Waals surface area contributed by atoms with E-state index in [0.717, 1.165) is 30.5 Å². The highest BCUT2D eigenvalue weighted by Crippen LogP contribution is 2.45. The molecule has 1 fully saturated rings. The van der Waals surface area contributed by atoms with Crippen molar-refractivity contribution in [1.82, 2.24) is 29.4 Å². The number of fused-ring (bicyclic) bond motifs is 4. The van der Waals surface area contributed by atoms with Crippen LogP contribution in [0.3, 0.4) is 0 Å². The highest BCUT2D eigenvalue weighted by molar-refractivity contribution is 5.95. The molecule has 4 aromatic rings. The van der Waals surface area contributed by atoms with Crippen LogP contribution in [0.15, 0.2) is 43.0 Å². The lowest BCUT2D eigenvalue weighted by Crippen LogP contribution is -2.49. The predicted octanol–water partition coefficient (Wildman–Crippen LogP) is 4.52. The standard InChI is InChI=1S/C25H20F4N6O/c1-33-24(13-7-19(27)22(29)20(28)8-13)18-10-16-3-2-4-21(23(18)32-33)35(16)25(36)14-5-15(26)9-17(6-14)34-11-30-31-12-34/h5-9,11-12,16,21H,2-4,10H2,1H3/t16?,21-/m0/s1. The Kier molecular flexibility index (Phi) is 5.16. The van der Waals surface area contributed by atoms with Crippen LogP contribution in [0.1, 0.15) is 46.9 Å². The van der Waals surface area contributed by atoms with E-state index < -0.39 is 23.3 Å². The van der Waals surface area contributed by atoms with E-state index in [-0.39, 0.29) is 29.1 Å². The summed E-state index contributed by atoms with van der Waals surface area (Å²) in [5.41, 5.74) is 2.71. The number of aromatic nitrogens is 5. The van der Waals surface area contributed by atoms with Gasteiger partial charge in [-0.3, -0.25) is 14.0 Å². The predicted molar refractivity (Wildman–Crippen MR) is 120 cm³/mol. The van der Waals surface area contributed by atoms with E-state index >= 15 is 0 Å². The first-order valence-electron chi connectivity index (χ1n) is 11.5. The molecule has 2 atom stereocenters. The Morgan fingerprint density at radius 3 is 2.42 bits per heavy atom. The van der Waals surface area contributed by atoms with Gasteiger partial charge in [-0.25, -0.2) is 17.6 Å². The lowest BCUT2D eigenvalue weighted by Gasteiger charge is -2.45. The molecule has 1 saturated heterocycles. The number of carbonyl (C=O) groups excluding carboxylic acids is 1. The van der Waals surface area contributed by atoms with E-state index in [1.807, 2.05) is 0 Å². The van der Waals surface area contributed by atoms with Gasteiger partial charge in [-0.1, -0.05) is 0 Å². The number of amides is 1. The van der Waals surface area contributed by atoms with E-state index in [1.165, 1.54) is 34.0 Å². The van der Waals surface area contributed by atoms with Crippen molar-refractivity contribution in [3.05, 3.63) is 83.1 Å². The van der Waals surface area contributed by atoms with E-state index in [1.54, 1.807) is 18.0 Å². The van der Waals surface area contributed by atoms with Crippen molar-refractivity contribution in [2.75, 3.05) is 0 Å². The topological polar surface area (TPSA) is 68.8 Å². The lowest BCUT2D eigenvalue weighted by atomic mass is 9.81. The van der Waals surface area contributed by atoms with Crippen LogP contribution < -0.4 is 0 Å². The normalized spacial score (nSPS) is 18.9. The summed E-state index contributed by atoms with van der Waals surface area (Å²) >= 11 is 0.